The molecule has 0 bridgehead atoms. The van der Waals surface area contributed by atoms with Gasteiger partial charge in [0.15, 0.2) is 0 Å². The molecule has 0 unspecified atom stereocenters. The smallest absolute Gasteiger partial charge is 0.417 e. The van der Waals surface area contributed by atoms with Crippen molar-refractivity contribution >= 4 is 27.5 Å². The van der Waals surface area contributed by atoms with Gasteiger partial charge in [-0.1, -0.05) is 18.2 Å². The molecule has 0 fully saturated rings. The molecule has 0 aromatic heterocycles. The fourth-order valence-corrected chi connectivity index (χ4v) is 3.27. The molecule has 3 rings (SSSR count). The van der Waals surface area contributed by atoms with Gasteiger partial charge in [0.05, 0.1) is 18.5 Å². The average Bonchev–Trinajstić information content (AvgIpc) is 2.54. The maximum atomic E-state index is 11.9. The second-order valence-electron chi connectivity index (χ2n) is 5.19. The molecule has 0 spiro atoms. The summed E-state index contributed by atoms with van der Waals surface area (Å²) >= 11 is 0. The number of fused-ring (bicyclic) bond motifs is 1. The Balaban J connectivity index is 1.76. The second kappa shape index (κ2) is 6.40. The summed E-state index contributed by atoms with van der Waals surface area (Å²) in [5.41, 5.74) is 0.899. The van der Waals surface area contributed by atoms with E-state index in [9.17, 15) is 13.2 Å². The Labute approximate surface area is 139 Å². The standard InChI is InChI=1S/C16H16N2O5S/c1-24(20,21)18-9-10-22-15-11-12(7-8-14(15)18)17-16(19)23-13-5-3-2-4-6-13/h2-8,11H,9-10H2,1H3,(H,17,19). The zero-order valence-electron chi connectivity index (χ0n) is 12.9. The number of amides is 1. The number of carbonyl (C=O) groups excluding carboxylic acids is 1. The maximum absolute atomic E-state index is 11.9. The molecule has 1 aliphatic heterocycles. The molecule has 24 heavy (non-hydrogen) atoms. The van der Waals surface area contributed by atoms with E-state index in [2.05, 4.69) is 5.32 Å². The summed E-state index contributed by atoms with van der Waals surface area (Å²) in [4.78, 5) is 11.9. The van der Waals surface area contributed by atoms with Crippen LogP contribution < -0.4 is 19.1 Å². The van der Waals surface area contributed by atoms with Crippen molar-refractivity contribution in [2.24, 2.45) is 0 Å². The lowest BCUT2D eigenvalue weighted by Gasteiger charge is -2.29. The number of anilines is 2. The number of hydrogen-bond donors (Lipinski definition) is 1. The van der Waals surface area contributed by atoms with Crippen molar-refractivity contribution in [2.75, 3.05) is 29.0 Å². The highest BCUT2D eigenvalue weighted by Gasteiger charge is 2.25. The van der Waals surface area contributed by atoms with Crippen LogP contribution in [0.4, 0.5) is 16.2 Å². The number of hydrogen-bond acceptors (Lipinski definition) is 5. The SMILES string of the molecule is CS(=O)(=O)N1CCOc2cc(NC(=O)Oc3ccccc3)ccc21. The molecule has 1 heterocycles. The van der Waals surface area contributed by atoms with Crippen LogP contribution in [-0.4, -0.2) is 33.9 Å². The minimum Gasteiger partial charge on any atom is -0.489 e. The molecule has 0 saturated heterocycles. The third kappa shape index (κ3) is 3.60. The van der Waals surface area contributed by atoms with E-state index in [0.717, 1.165) is 6.26 Å². The molecule has 2 aromatic rings. The predicted molar refractivity (Wildman–Crippen MR) is 90.2 cm³/mol. The van der Waals surface area contributed by atoms with E-state index in [1.807, 2.05) is 6.07 Å². The normalized spacial score (nSPS) is 13.6. The minimum atomic E-state index is -3.37. The molecule has 1 amide bonds. The number of nitrogens with one attached hydrogen (secondary N) is 1. The first-order valence-corrected chi connectivity index (χ1v) is 9.07. The van der Waals surface area contributed by atoms with Gasteiger partial charge in [-0.15, -0.1) is 0 Å². The third-order valence-corrected chi connectivity index (χ3v) is 4.56. The molecule has 8 heteroatoms. The van der Waals surface area contributed by atoms with E-state index in [0.29, 0.717) is 22.9 Å². The number of rotatable bonds is 3. The molecule has 0 radical (unpaired) electrons. The van der Waals surface area contributed by atoms with Crippen LogP contribution in [0.15, 0.2) is 48.5 Å². The van der Waals surface area contributed by atoms with Gasteiger partial charge in [-0.2, -0.15) is 0 Å². The third-order valence-electron chi connectivity index (χ3n) is 3.38. The molecule has 2 aromatic carbocycles. The summed E-state index contributed by atoms with van der Waals surface area (Å²) in [5.74, 6) is 0.816. The predicted octanol–water partition coefficient (Wildman–Crippen LogP) is 2.46. The highest BCUT2D eigenvalue weighted by molar-refractivity contribution is 7.92. The van der Waals surface area contributed by atoms with E-state index in [4.69, 9.17) is 9.47 Å². The molecule has 0 saturated carbocycles. The first-order valence-electron chi connectivity index (χ1n) is 7.22. The van der Waals surface area contributed by atoms with Gasteiger partial charge in [-0.25, -0.2) is 13.2 Å². The van der Waals surface area contributed by atoms with E-state index < -0.39 is 16.1 Å². The highest BCUT2D eigenvalue weighted by Crippen LogP contribution is 2.35. The maximum Gasteiger partial charge on any atom is 0.417 e. The number of carbonyl (C=O) groups is 1. The minimum absolute atomic E-state index is 0.248. The molecular weight excluding hydrogens is 332 g/mol. The van der Waals surface area contributed by atoms with Crippen LogP contribution in [-0.2, 0) is 10.0 Å². The van der Waals surface area contributed by atoms with Crippen molar-refractivity contribution in [3.8, 4) is 11.5 Å². The largest absolute Gasteiger partial charge is 0.489 e. The van der Waals surface area contributed by atoms with E-state index in [1.165, 1.54) is 4.31 Å². The average molecular weight is 348 g/mol. The lowest BCUT2D eigenvalue weighted by molar-refractivity contribution is 0.215. The monoisotopic (exact) mass is 348 g/mol. The fraction of sp³-hybridized carbons (Fsp3) is 0.188. The summed E-state index contributed by atoms with van der Waals surface area (Å²) in [7, 11) is -3.37. The highest BCUT2D eigenvalue weighted by atomic mass is 32.2. The first kappa shape index (κ1) is 16.1. The van der Waals surface area contributed by atoms with Crippen LogP contribution in [0, 0.1) is 0 Å². The zero-order chi connectivity index (χ0) is 17.2. The van der Waals surface area contributed by atoms with Crippen molar-refractivity contribution in [3.05, 3.63) is 48.5 Å². The molecule has 0 aliphatic carbocycles. The molecule has 1 N–H and O–H groups in total. The van der Waals surface area contributed by atoms with Gasteiger partial charge in [-0.05, 0) is 24.3 Å². The van der Waals surface area contributed by atoms with Gasteiger partial charge in [0.1, 0.15) is 18.1 Å². The van der Waals surface area contributed by atoms with Crippen molar-refractivity contribution in [3.63, 3.8) is 0 Å². The van der Waals surface area contributed by atoms with Crippen LogP contribution in [0.25, 0.3) is 0 Å². The van der Waals surface area contributed by atoms with Crippen LogP contribution in [0.1, 0.15) is 0 Å². The molecule has 1 aliphatic rings. The van der Waals surface area contributed by atoms with Gasteiger partial charge in [-0.3, -0.25) is 9.62 Å². The Hall–Kier alpha value is -2.74. The van der Waals surface area contributed by atoms with Crippen LogP contribution in [0.2, 0.25) is 0 Å². The number of benzene rings is 2. The summed E-state index contributed by atoms with van der Waals surface area (Å²) in [6, 6.07) is 13.4. The zero-order valence-corrected chi connectivity index (χ0v) is 13.7. The molecular formula is C16H16N2O5S. The number of para-hydroxylation sites is 1. The summed E-state index contributed by atoms with van der Waals surface area (Å²) in [6.07, 6.45) is 0.503. The van der Waals surface area contributed by atoms with E-state index in [-0.39, 0.29) is 13.2 Å². The Bertz CT molecular complexity index is 852. The summed E-state index contributed by atoms with van der Waals surface area (Å²) < 4.78 is 35.5. The van der Waals surface area contributed by atoms with Crippen LogP contribution in [0.5, 0.6) is 11.5 Å². The quantitative estimate of drug-likeness (QED) is 0.921. The van der Waals surface area contributed by atoms with Crippen molar-refractivity contribution in [2.45, 2.75) is 0 Å². The van der Waals surface area contributed by atoms with Gasteiger partial charge in [0.25, 0.3) is 0 Å². The fourth-order valence-electron chi connectivity index (χ4n) is 2.36. The lowest BCUT2D eigenvalue weighted by atomic mass is 10.2. The van der Waals surface area contributed by atoms with Crippen molar-refractivity contribution < 1.29 is 22.7 Å². The molecule has 0 atom stereocenters. The Morgan fingerprint density at radius 1 is 1.21 bits per heavy atom. The van der Waals surface area contributed by atoms with Crippen molar-refractivity contribution in [1.29, 1.82) is 0 Å². The van der Waals surface area contributed by atoms with Gasteiger partial charge in [0, 0.05) is 11.8 Å². The first-order chi connectivity index (χ1) is 11.4. The van der Waals surface area contributed by atoms with Crippen LogP contribution in [0.3, 0.4) is 0 Å². The van der Waals surface area contributed by atoms with Gasteiger partial charge < -0.3 is 9.47 Å². The van der Waals surface area contributed by atoms with E-state index in [1.54, 1.807) is 42.5 Å². The Kier molecular flexibility index (Phi) is 4.30. The second-order valence-corrected chi connectivity index (χ2v) is 7.10. The Morgan fingerprint density at radius 3 is 2.67 bits per heavy atom. The molecule has 126 valence electrons. The molecule has 7 nitrogen and oxygen atoms in total. The Morgan fingerprint density at radius 2 is 1.96 bits per heavy atom. The van der Waals surface area contributed by atoms with Crippen molar-refractivity contribution in [1.82, 2.24) is 0 Å². The summed E-state index contributed by atoms with van der Waals surface area (Å²) in [6.45, 7) is 0.507. The number of ether oxygens (including phenoxy) is 2. The number of sulfonamides is 1. The number of nitrogens with zero attached hydrogens (tertiary/aromatic N) is 1. The van der Waals surface area contributed by atoms with Gasteiger partial charge >= 0.3 is 6.09 Å². The summed E-state index contributed by atoms with van der Waals surface area (Å²) in [5, 5.41) is 2.58. The van der Waals surface area contributed by atoms with E-state index >= 15 is 0 Å². The topological polar surface area (TPSA) is 84.9 Å². The lowest BCUT2D eigenvalue weighted by Crippen LogP contribution is -2.37. The van der Waals surface area contributed by atoms with Crippen LogP contribution >= 0.6 is 0 Å². The van der Waals surface area contributed by atoms with Gasteiger partial charge in [0.2, 0.25) is 10.0 Å².